The first-order valence-corrected chi connectivity index (χ1v) is 7.54. The Morgan fingerprint density at radius 3 is 2.33 bits per heavy atom. The summed E-state index contributed by atoms with van der Waals surface area (Å²) in [6.45, 7) is 7.76. The lowest BCUT2D eigenvalue weighted by atomic mass is 10.1. The lowest BCUT2D eigenvalue weighted by molar-refractivity contribution is -0.137. The first kappa shape index (κ1) is 17.8. The molecule has 0 radical (unpaired) electrons. The maximum absolute atomic E-state index is 12.4. The number of carbonyl (C=O) groups is 2. The number of rotatable bonds is 8. The number of ether oxygens (including phenoxy) is 1. The Bertz CT molecular complexity index is 361. The van der Waals surface area contributed by atoms with Gasteiger partial charge < -0.3 is 19.6 Å². The third-order valence-electron chi connectivity index (χ3n) is 3.54. The second-order valence-electron chi connectivity index (χ2n) is 6.69. The number of nitrogens with zero attached hydrogens (tertiary/aromatic N) is 2. The van der Waals surface area contributed by atoms with E-state index in [1.165, 1.54) is 12.8 Å². The molecule has 0 spiro atoms. The van der Waals surface area contributed by atoms with E-state index in [9.17, 15) is 9.59 Å². The number of carboxylic acids is 1. The van der Waals surface area contributed by atoms with Crippen molar-refractivity contribution in [3.05, 3.63) is 0 Å². The molecule has 2 amide bonds. The number of urea groups is 1. The number of amides is 2. The van der Waals surface area contributed by atoms with E-state index >= 15 is 0 Å². The summed E-state index contributed by atoms with van der Waals surface area (Å²) < 4.78 is 5.54. The van der Waals surface area contributed by atoms with E-state index in [4.69, 9.17) is 9.84 Å². The number of hydrogen-bond donors (Lipinski definition) is 1. The van der Waals surface area contributed by atoms with Crippen LogP contribution in [0.4, 0.5) is 4.79 Å². The molecule has 1 aliphatic rings. The minimum Gasteiger partial charge on any atom is -0.481 e. The van der Waals surface area contributed by atoms with Crippen LogP contribution in [0.3, 0.4) is 0 Å². The predicted octanol–water partition coefficient (Wildman–Crippen LogP) is 2.04. The number of likely N-dealkylation sites (N-methyl/N-ethyl adjacent to an activating group) is 1. The van der Waals surface area contributed by atoms with Gasteiger partial charge in [-0.25, -0.2) is 4.79 Å². The Morgan fingerprint density at radius 2 is 1.86 bits per heavy atom. The summed E-state index contributed by atoms with van der Waals surface area (Å²) in [4.78, 5) is 26.4. The Kier molecular flexibility index (Phi) is 6.45. The van der Waals surface area contributed by atoms with Gasteiger partial charge in [0.25, 0.3) is 0 Å². The van der Waals surface area contributed by atoms with Crippen molar-refractivity contribution in [2.45, 2.75) is 45.6 Å². The zero-order valence-corrected chi connectivity index (χ0v) is 13.6. The van der Waals surface area contributed by atoms with Gasteiger partial charge in [-0.05, 0) is 39.5 Å². The van der Waals surface area contributed by atoms with E-state index < -0.39 is 11.5 Å². The lowest BCUT2D eigenvalue weighted by Crippen LogP contribution is -2.52. The van der Waals surface area contributed by atoms with Crippen LogP contribution in [-0.2, 0) is 9.53 Å². The molecule has 6 heteroatoms. The number of aliphatic carboxylic acids is 1. The van der Waals surface area contributed by atoms with Gasteiger partial charge in [0.05, 0.1) is 13.0 Å². The molecule has 1 rings (SSSR count). The van der Waals surface area contributed by atoms with Crippen molar-refractivity contribution in [3.8, 4) is 0 Å². The maximum atomic E-state index is 12.4. The highest BCUT2D eigenvalue weighted by molar-refractivity contribution is 5.76. The van der Waals surface area contributed by atoms with Crippen LogP contribution in [0.2, 0.25) is 0 Å². The van der Waals surface area contributed by atoms with E-state index in [1.54, 1.807) is 16.8 Å². The van der Waals surface area contributed by atoms with Crippen LogP contribution in [0.15, 0.2) is 0 Å². The highest BCUT2D eigenvalue weighted by Gasteiger charge is 2.29. The average molecular weight is 300 g/mol. The maximum Gasteiger partial charge on any atom is 0.320 e. The van der Waals surface area contributed by atoms with Gasteiger partial charge in [-0.1, -0.05) is 0 Å². The summed E-state index contributed by atoms with van der Waals surface area (Å²) >= 11 is 0. The van der Waals surface area contributed by atoms with E-state index in [1.807, 2.05) is 20.8 Å². The van der Waals surface area contributed by atoms with Gasteiger partial charge in [-0.3, -0.25) is 4.79 Å². The minimum absolute atomic E-state index is 0.0466. The molecule has 1 N–H and O–H groups in total. The molecule has 0 aromatic rings. The van der Waals surface area contributed by atoms with E-state index in [2.05, 4.69) is 0 Å². The summed E-state index contributed by atoms with van der Waals surface area (Å²) in [5.41, 5.74) is -0.407. The second-order valence-corrected chi connectivity index (χ2v) is 6.69. The highest BCUT2D eigenvalue weighted by atomic mass is 16.5. The molecule has 0 bridgehead atoms. The van der Waals surface area contributed by atoms with Crippen LogP contribution >= 0.6 is 0 Å². The van der Waals surface area contributed by atoms with Crippen LogP contribution in [0.5, 0.6) is 0 Å². The largest absolute Gasteiger partial charge is 0.481 e. The molecule has 1 fully saturated rings. The molecule has 0 aromatic heterocycles. The van der Waals surface area contributed by atoms with Crippen molar-refractivity contribution in [1.29, 1.82) is 0 Å². The monoisotopic (exact) mass is 300 g/mol. The standard InChI is InChI=1S/C15H28N2O4/c1-15(2,3)17(8-7-13(18)19)14(20)16(4)9-10-21-11-12-5-6-12/h12H,5-11H2,1-4H3,(H,18,19). The van der Waals surface area contributed by atoms with Crippen molar-refractivity contribution >= 4 is 12.0 Å². The van der Waals surface area contributed by atoms with E-state index in [0.717, 1.165) is 6.61 Å². The quantitative estimate of drug-likeness (QED) is 0.696. The van der Waals surface area contributed by atoms with E-state index in [0.29, 0.717) is 19.1 Å². The predicted molar refractivity (Wildman–Crippen MR) is 80.3 cm³/mol. The summed E-state index contributed by atoms with van der Waals surface area (Å²) in [5, 5.41) is 8.81. The number of carbonyl (C=O) groups excluding carboxylic acids is 1. The number of hydrogen-bond acceptors (Lipinski definition) is 3. The molecule has 6 nitrogen and oxygen atoms in total. The first-order chi connectivity index (χ1) is 9.71. The first-order valence-electron chi connectivity index (χ1n) is 7.54. The molecular formula is C15H28N2O4. The van der Waals surface area contributed by atoms with Gasteiger partial charge in [-0.2, -0.15) is 0 Å². The molecule has 1 aliphatic carbocycles. The lowest BCUT2D eigenvalue weighted by Gasteiger charge is -2.38. The Morgan fingerprint density at radius 1 is 1.24 bits per heavy atom. The van der Waals surface area contributed by atoms with Gasteiger partial charge in [0.1, 0.15) is 0 Å². The number of carboxylic acid groups (broad SMARTS) is 1. The normalized spacial score (nSPS) is 14.9. The van der Waals surface area contributed by atoms with Gasteiger partial charge in [0.2, 0.25) is 0 Å². The minimum atomic E-state index is -0.896. The van der Waals surface area contributed by atoms with Crippen LogP contribution in [-0.4, -0.2) is 65.8 Å². The fourth-order valence-corrected chi connectivity index (χ4v) is 1.96. The van der Waals surface area contributed by atoms with Crippen LogP contribution in [0, 0.1) is 5.92 Å². The second kappa shape index (κ2) is 7.64. The van der Waals surface area contributed by atoms with Crippen molar-refractivity contribution in [2.75, 3.05) is 33.4 Å². The fraction of sp³-hybridized carbons (Fsp3) is 0.867. The van der Waals surface area contributed by atoms with Crippen molar-refractivity contribution in [1.82, 2.24) is 9.80 Å². The zero-order chi connectivity index (χ0) is 16.0. The summed E-state index contributed by atoms with van der Waals surface area (Å²) in [6.07, 6.45) is 2.46. The molecule has 21 heavy (non-hydrogen) atoms. The molecule has 122 valence electrons. The van der Waals surface area contributed by atoms with E-state index in [-0.39, 0.29) is 19.0 Å². The summed E-state index contributed by atoms with van der Waals surface area (Å²) in [5.74, 6) is -0.180. The van der Waals surface area contributed by atoms with Crippen molar-refractivity contribution in [2.24, 2.45) is 5.92 Å². The van der Waals surface area contributed by atoms with Gasteiger partial charge >= 0.3 is 12.0 Å². The van der Waals surface area contributed by atoms with Crippen LogP contribution in [0.25, 0.3) is 0 Å². The zero-order valence-electron chi connectivity index (χ0n) is 13.6. The molecule has 0 saturated heterocycles. The Labute approximate surface area is 127 Å². The molecule has 0 heterocycles. The molecule has 0 atom stereocenters. The summed E-state index contributed by atoms with van der Waals surface area (Å²) in [6, 6.07) is -0.154. The smallest absolute Gasteiger partial charge is 0.320 e. The van der Waals surface area contributed by atoms with Gasteiger partial charge in [-0.15, -0.1) is 0 Å². The van der Waals surface area contributed by atoms with Gasteiger partial charge in [0, 0.05) is 32.3 Å². The molecule has 0 aliphatic heterocycles. The molecule has 1 saturated carbocycles. The fourth-order valence-electron chi connectivity index (χ4n) is 1.96. The van der Waals surface area contributed by atoms with Crippen molar-refractivity contribution < 1.29 is 19.4 Å². The third kappa shape index (κ3) is 6.80. The Hall–Kier alpha value is -1.30. The van der Waals surface area contributed by atoms with Crippen molar-refractivity contribution in [3.63, 3.8) is 0 Å². The SMILES string of the molecule is CN(CCOCC1CC1)C(=O)N(CCC(=O)O)C(C)(C)C. The summed E-state index contributed by atoms with van der Waals surface area (Å²) in [7, 11) is 1.72. The Balaban J connectivity index is 2.42. The molecular weight excluding hydrogens is 272 g/mol. The van der Waals surface area contributed by atoms with Crippen LogP contribution < -0.4 is 0 Å². The third-order valence-corrected chi connectivity index (χ3v) is 3.54. The average Bonchev–Trinajstić information content (AvgIpc) is 3.16. The van der Waals surface area contributed by atoms with Crippen LogP contribution in [0.1, 0.15) is 40.0 Å². The topological polar surface area (TPSA) is 70.1 Å². The van der Waals surface area contributed by atoms with Gasteiger partial charge in [0.15, 0.2) is 0 Å². The molecule has 0 aromatic carbocycles. The highest BCUT2D eigenvalue weighted by Crippen LogP contribution is 2.28. The molecule has 0 unspecified atom stereocenters.